The average Bonchev–Trinajstić information content (AvgIpc) is 2.10. The number of alkyl halides is 2. The fourth-order valence-electron chi connectivity index (χ4n) is 0.938. The van der Waals surface area contributed by atoms with E-state index in [1.165, 1.54) is 0 Å². The Hall–Kier alpha value is -1.30. The van der Waals surface area contributed by atoms with Crippen LogP contribution in [0.15, 0.2) is 12.1 Å². The number of hydrogen-bond acceptors (Lipinski definition) is 2. The minimum Gasteiger partial charge on any atom is -0.435 e. The van der Waals surface area contributed by atoms with E-state index < -0.39 is 24.0 Å². The molecule has 0 amide bonds. The number of nitrogens with two attached hydrogens (primary N) is 1. The van der Waals surface area contributed by atoms with Crippen LogP contribution >= 0.6 is 0 Å². The van der Waals surface area contributed by atoms with Gasteiger partial charge in [-0.1, -0.05) is 0 Å². The van der Waals surface area contributed by atoms with Crippen LogP contribution < -0.4 is 10.5 Å². The molecule has 0 spiro atoms. The molecular weight excluding hydrogens is 202 g/mol. The predicted octanol–water partition coefficient (Wildman–Crippen LogP) is 2.02. The molecule has 0 heterocycles. The highest BCUT2D eigenvalue weighted by atomic mass is 19.3. The Labute approximate surface area is 77.3 Å². The maximum Gasteiger partial charge on any atom is 0.387 e. The van der Waals surface area contributed by atoms with Gasteiger partial charge in [0.2, 0.25) is 0 Å². The van der Waals surface area contributed by atoms with E-state index in [0.717, 1.165) is 6.07 Å². The molecular formula is C8H7F4NO. The molecule has 0 atom stereocenters. The smallest absolute Gasteiger partial charge is 0.387 e. The Kier molecular flexibility index (Phi) is 3.29. The molecule has 0 aliphatic heterocycles. The second kappa shape index (κ2) is 4.28. The average molecular weight is 209 g/mol. The minimum atomic E-state index is -3.08. The number of ether oxygens (including phenoxy) is 1. The lowest BCUT2D eigenvalue weighted by molar-refractivity contribution is -0.0501. The Morgan fingerprint density at radius 2 is 1.93 bits per heavy atom. The summed E-state index contributed by atoms with van der Waals surface area (Å²) in [5.41, 5.74) is 4.86. The normalized spacial score (nSPS) is 10.7. The van der Waals surface area contributed by atoms with Crippen molar-refractivity contribution in [2.75, 3.05) is 0 Å². The van der Waals surface area contributed by atoms with E-state index in [2.05, 4.69) is 4.74 Å². The van der Waals surface area contributed by atoms with Gasteiger partial charge in [-0.25, -0.2) is 8.78 Å². The van der Waals surface area contributed by atoms with Gasteiger partial charge in [0.25, 0.3) is 0 Å². The summed E-state index contributed by atoms with van der Waals surface area (Å²) in [5.74, 6) is -2.85. The van der Waals surface area contributed by atoms with Gasteiger partial charge < -0.3 is 10.5 Å². The summed E-state index contributed by atoms with van der Waals surface area (Å²) in [7, 11) is 0. The summed E-state index contributed by atoms with van der Waals surface area (Å²) in [4.78, 5) is 0. The highest BCUT2D eigenvalue weighted by molar-refractivity contribution is 5.30. The van der Waals surface area contributed by atoms with Gasteiger partial charge in [0.1, 0.15) is 5.75 Å². The second-order valence-electron chi connectivity index (χ2n) is 2.46. The lowest BCUT2D eigenvalue weighted by atomic mass is 10.2. The van der Waals surface area contributed by atoms with Gasteiger partial charge in [-0.2, -0.15) is 8.78 Å². The SMILES string of the molecule is NCc1cc(OC(F)F)cc(F)c1F. The van der Waals surface area contributed by atoms with Crippen molar-refractivity contribution in [3.8, 4) is 5.75 Å². The van der Waals surface area contributed by atoms with Gasteiger partial charge in [-0.15, -0.1) is 0 Å². The lowest BCUT2D eigenvalue weighted by Crippen LogP contribution is -2.06. The van der Waals surface area contributed by atoms with Crippen LogP contribution in [0.2, 0.25) is 0 Å². The van der Waals surface area contributed by atoms with Gasteiger partial charge in [-0.05, 0) is 6.07 Å². The summed E-state index contributed by atoms with van der Waals surface area (Å²) < 4.78 is 52.9. The molecule has 14 heavy (non-hydrogen) atoms. The molecule has 0 radical (unpaired) electrons. The van der Waals surface area contributed by atoms with Crippen LogP contribution in [0.1, 0.15) is 5.56 Å². The summed E-state index contributed by atoms with van der Waals surface area (Å²) in [6.07, 6.45) is 0. The van der Waals surface area contributed by atoms with E-state index in [0.29, 0.717) is 6.07 Å². The van der Waals surface area contributed by atoms with Crippen molar-refractivity contribution in [3.63, 3.8) is 0 Å². The van der Waals surface area contributed by atoms with Gasteiger partial charge in [0, 0.05) is 18.2 Å². The van der Waals surface area contributed by atoms with E-state index in [9.17, 15) is 17.6 Å². The Bertz CT molecular complexity index is 329. The van der Waals surface area contributed by atoms with E-state index in [-0.39, 0.29) is 12.1 Å². The molecule has 0 saturated heterocycles. The third-order valence-electron chi connectivity index (χ3n) is 1.52. The minimum absolute atomic E-state index is 0.208. The van der Waals surface area contributed by atoms with Crippen LogP contribution in [-0.2, 0) is 6.54 Å². The molecule has 0 aromatic heterocycles. The van der Waals surface area contributed by atoms with Crippen molar-refractivity contribution in [1.29, 1.82) is 0 Å². The maximum atomic E-state index is 12.8. The van der Waals surface area contributed by atoms with Crippen molar-refractivity contribution in [2.24, 2.45) is 5.73 Å². The molecule has 0 saturated carbocycles. The first-order valence-electron chi connectivity index (χ1n) is 3.67. The van der Waals surface area contributed by atoms with Crippen LogP contribution in [0.25, 0.3) is 0 Å². The maximum absolute atomic E-state index is 12.8. The monoisotopic (exact) mass is 209 g/mol. The molecule has 6 heteroatoms. The first kappa shape index (κ1) is 10.8. The quantitative estimate of drug-likeness (QED) is 0.773. The van der Waals surface area contributed by atoms with Crippen LogP contribution in [0.3, 0.4) is 0 Å². The summed E-state index contributed by atoms with van der Waals surface area (Å²) >= 11 is 0. The zero-order chi connectivity index (χ0) is 10.7. The predicted molar refractivity (Wildman–Crippen MR) is 40.9 cm³/mol. The number of benzene rings is 1. The second-order valence-corrected chi connectivity index (χ2v) is 2.46. The zero-order valence-electron chi connectivity index (χ0n) is 6.94. The van der Waals surface area contributed by atoms with Crippen molar-refractivity contribution in [2.45, 2.75) is 13.2 Å². The van der Waals surface area contributed by atoms with Crippen LogP contribution in [0.4, 0.5) is 17.6 Å². The molecule has 1 aromatic rings. The topological polar surface area (TPSA) is 35.2 Å². The molecule has 0 aliphatic carbocycles. The third kappa shape index (κ3) is 2.35. The van der Waals surface area contributed by atoms with Gasteiger partial charge in [-0.3, -0.25) is 0 Å². The molecule has 1 rings (SSSR count). The highest BCUT2D eigenvalue weighted by Gasteiger charge is 2.12. The number of hydrogen-bond donors (Lipinski definition) is 1. The fraction of sp³-hybridized carbons (Fsp3) is 0.250. The largest absolute Gasteiger partial charge is 0.435 e. The van der Waals surface area contributed by atoms with Gasteiger partial charge in [0.15, 0.2) is 11.6 Å². The van der Waals surface area contributed by atoms with Gasteiger partial charge >= 0.3 is 6.61 Å². The fourth-order valence-corrected chi connectivity index (χ4v) is 0.938. The van der Waals surface area contributed by atoms with Crippen LogP contribution in [0.5, 0.6) is 5.75 Å². The van der Waals surface area contributed by atoms with E-state index in [1.54, 1.807) is 0 Å². The number of halogens is 4. The molecule has 78 valence electrons. The van der Waals surface area contributed by atoms with Crippen molar-refractivity contribution >= 4 is 0 Å². The molecule has 0 unspecified atom stereocenters. The van der Waals surface area contributed by atoms with Gasteiger partial charge in [0.05, 0.1) is 0 Å². The molecule has 0 fully saturated rings. The summed E-state index contributed by atoms with van der Waals surface area (Å²) in [5, 5.41) is 0. The molecule has 2 N–H and O–H groups in total. The zero-order valence-corrected chi connectivity index (χ0v) is 6.94. The Morgan fingerprint density at radius 3 is 2.43 bits per heavy atom. The Morgan fingerprint density at radius 1 is 1.29 bits per heavy atom. The van der Waals surface area contributed by atoms with Crippen molar-refractivity contribution < 1.29 is 22.3 Å². The van der Waals surface area contributed by atoms with Crippen molar-refractivity contribution in [1.82, 2.24) is 0 Å². The lowest BCUT2D eigenvalue weighted by Gasteiger charge is -2.07. The molecule has 1 aromatic carbocycles. The first-order chi connectivity index (χ1) is 6.54. The standard InChI is InChI=1S/C8H7F4NO/c9-6-2-5(14-8(11)12)1-4(3-13)7(6)10/h1-2,8H,3,13H2. The molecule has 0 bridgehead atoms. The van der Waals surface area contributed by atoms with E-state index in [1.807, 2.05) is 0 Å². The summed E-state index contributed by atoms with van der Waals surface area (Å²) in [6, 6.07) is 1.48. The number of rotatable bonds is 3. The van der Waals surface area contributed by atoms with E-state index >= 15 is 0 Å². The Balaban J connectivity index is 3.03. The first-order valence-corrected chi connectivity index (χ1v) is 3.67. The van der Waals surface area contributed by atoms with E-state index in [4.69, 9.17) is 5.73 Å². The van der Waals surface area contributed by atoms with Crippen LogP contribution in [-0.4, -0.2) is 6.61 Å². The summed E-state index contributed by atoms with van der Waals surface area (Å²) in [6.45, 7) is -3.37. The van der Waals surface area contributed by atoms with Crippen LogP contribution in [0, 0.1) is 11.6 Å². The molecule has 0 aliphatic rings. The highest BCUT2D eigenvalue weighted by Crippen LogP contribution is 2.21. The third-order valence-corrected chi connectivity index (χ3v) is 1.52. The van der Waals surface area contributed by atoms with Crippen molar-refractivity contribution in [3.05, 3.63) is 29.3 Å². The molecule has 2 nitrogen and oxygen atoms in total.